The van der Waals surface area contributed by atoms with Crippen LogP contribution in [0.4, 0.5) is 0 Å². The first kappa shape index (κ1) is 6.79. The third kappa shape index (κ3) is 1.03. The summed E-state index contributed by atoms with van der Waals surface area (Å²) < 4.78 is 2.58. The Morgan fingerprint density at radius 2 is 2.36 bits per heavy atom. The maximum Gasteiger partial charge on any atom is 0.156 e. The number of fused-ring (bicyclic) bond motifs is 1. The van der Waals surface area contributed by atoms with Crippen molar-refractivity contribution in [2.45, 2.75) is 6.92 Å². The van der Waals surface area contributed by atoms with E-state index in [-0.39, 0.29) is 0 Å². The fraction of sp³-hybridized carbons (Fsp3) is 0.143. The van der Waals surface area contributed by atoms with E-state index in [1.165, 1.54) is 0 Å². The Bertz CT molecular complexity index is 393. The van der Waals surface area contributed by atoms with Crippen LogP contribution in [0.15, 0.2) is 23.1 Å². The zero-order valence-corrected chi connectivity index (χ0v) is 7.54. The molecule has 0 spiro atoms. The summed E-state index contributed by atoms with van der Waals surface area (Å²) >= 11 is 3.31. The van der Waals surface area contributed by atoms with Crippen molar-refractivity contribution in [1.29, 1.82) is 0 Å². The third-order valence-corrected chi connectivity index (χ3v) is 1.90. The first-order chi connectivity index (χ1) is 5.27. The molecule has 3 nitrogen and oxygen atoms in total. The van der Waals surface area contributed by atoms with Gasteiger partial charge >= 0.3 is 0 Å². The Morgan fingerprint density at radius 3 is 3.18 bits per heavy atom. The van der Waals surface area contributed by atoms with E-state index < -0.39 is 0 Å². The number of rotatable bonds is 0. The van der Waals surface area contributed by atoms with E-state index in [0.717, 1.165) is 15.8 Å². The summed E-state index contributed by atoms with van der Waals surface area (Å²) in [7, 11) is 0. The standard InChI is InChI=1S/C7H6BrN3/c1-5-4-6(8)10-11-3-2-9-7(5)11/h2-4H,1H3. The summed E-state index contributed by atoms with van der Waals surface area (Å²) in [5, 5.41) is 4.17. The van der Waals surface area contributed by atoms with Gasteiger partial charge in [-0.15, -0.1) is 0 Å². The normalized spacial score (nSPS) is 10.7. The smallest absolute Gasteiger partial charge is 0.156 e. The van der Waals surface area contributed by atoms with Crippen molar-refractivity contribution in [3.8, 4) is 0 Å². The monoisotopic (exact) mass is 211 g/mol. The summed E-state index contributed by atoms with van der Waals surface area (Å²) in [5.41, 5.74) is 2.03. The lowest BCUT2D eigenvalue weighted by molar-refractivity contribution is 0.908. The first-order valence-electron chi connectivity index (χ1n) is 3.24. The largest absolute Gasteiger partial charge is 0.235 e. The van der Waals surface area contributed by atoms with E-state index in [1.54, 1.807) is 10.7 Å². The van der Waals surface area contributed by atoms with Crippen LogP contribution in [-0.4, -0.2) is 14.6 Å². The Hall–Kier alpha value is -0.900. The summed E-state index contributed by atoms with van der Waals surface area (Å²) in [5.74, 6) is 0. The lowest BCUT2D eigenvalue weighted by Gasteiger charge is -1.96. The van der Waals surface area contributed by atoms with E-state index in [1.807, 2.05) is 19.2 Å². The minimum Gasteiger partial charge on any atom is -0.235 e. The molecule has 0 aliphatic rings. The number of aromatic nitrogens is 3. The lowest BCUT2D eigenvalue weighted by atomic mass is 10.3. The van der Waals surface area contributed by atoms with Crippen molar-refractivity contribution in [1.82, 2.24) is 14.6 Å². The van der Waals surface area contributed by atoms with Crippen LogP contribution in [-0.2, 0) is 0 Å². The minimum atomic E-state index is 0.834. The second-order valence-corrected chi connectivity index (χ2v) is 3.16. The van der Waals surface area contributed by atoms with Crippen molar-refractivity contribution >= 4 is 21.6 Å². The van der Waals surface area contributed by atoms with Crippen molar-refractivity contribution in [2.24, 2.45) is 0 Å². The number of aryl methyl sites for hydroxylation is 1. The highest BCUT2D eigenvalue weighted by Crippen LogP contribution is 2.11. The Kier molecular flexibility index (Phi) is 1.42. The highest BCUT2D eigenvalue weighted by molar-refractivity contribution is 9.10. The molecule has 0 N–H and O–H groups in total. The topological polar surface area (TPSA) is 30.2 Å². The number of hydrogen-bond acceptors (Lipinski definition) is 2. The molecule has 0 bridgehead atoms. The molecule has 56 valence electrons. The molecule has 2 heterocycles. The van der Waals surface area contributed by atoms with Gasteiger partial charge in [0.15, 0.2) is 5.65 Å². The second-order valence-electron chi connectivity index (χ2n) is 2.35. The predicted molar refractivity (Wildman–Crippen MR) is 45.4 cm³/mol. The summed E-state index contributed by atoms with van der Waals surface area (Å²) in [6, 6.07) is 1.95. The van der Waals surface area contributed by atoms with Crippen LogP contribution < -0.4 is 0 Å². The molecule has 0 unspecified atom stereocenters. The van der Waals surface area contributed by atoms with Crippen LogP contribution in [0.1, 0.15) is 5.56 Å². The molecule has 0 fully saturated rings. The van der Waals surface area contributed by atoms with Crippen LogP contribution >= 0.6 is 15.9 Å². The summed E-state index contributed by atoms with van der Waals surface area (Å²) in [6.45, 7) is 2.01. The molecule has 0 atom stereocenters. The lowest BCUT2D eigenvalue weighted by Crippen LogP contribution is -1.92. The molecule has 2 aromatic rings. The molecule has 4 heteroatoms. The van der Waals surface area contributed by atoms with Crippen LogP contribution in [0.25, 0.3) is 5.65 Å². The molecule has 0 saturated heterocycles. The van der Waals surface area contributed by atoms with Gasteiger partial charge in [-0.2, -0.15) is 5.10 Å². The maximum atomic E-state index is 4.17. The van der Waals surface area contributed by atoms with E-state index in [0.29, 0.717) is 0 Å². The number of imidazole rings is 1. The van der Waals surface area contributed by atoms with E-state index in [9.17, 15) is 0 Å². The molecular formula is C7H6BrN3. The molecule has 11 heavy (non-hydrogen) atoms. The van der Waals surface area contributed by atoms with Gasteiger partial charge in [0.2, 0.25) is 0 Å². The van der Waals surface area contributed by atoms with E-state index in [2.05, 4.69) is 26.0 Å². The second kappa shape index (κ2) is 2.30. The van der Waals surface area contributed by atoms with Gasteiger partial charge in [-0.25, -0.2) is 9.50 Å². The molecule has 0 radical (unpaired) electrons. The third-order valence-electron chi connectivity index (χ3n) is 1.51. The number of hydrogen-bond donors (Lipinski definition) is 0. The molecular weight excluding hydrogens is 206 g/mol. The molecule has 0 amide bonds. The quantitative estimate of drug-likeness (QED) is 0.666. The Morgan fingerprint density at radius 1 is 1.55 bits per heavy atom. The van der Waals surface area contributed by atoms with Gasteiger partial charge in [-0.05, 0) is 34.5 Å². The highest BCUT2D eigenvalue weighted by atomic mass is 79.9. The van der Waals surface area contributed by atoms with Crippen molar-refractivity contribution in [3.05, 3.63) is 28.6 Å². The summed E-state index contributed by atoms with van der Waals surface area (Å²) in [4.78, 5) is 4.14. The van der Waals surface area contributed by atoms with E-state index in [4.69, 9.17) is 0 Å². The van der Waals surface area contributed by atoms with Crippen LogP contribution in [0.5, 0.6) is 0 Å². The SMILES string of the molecule is Cc1cc(Br)nn2ccnc12. The van der Waals surface area contributed by atoms with Gasteiger partial charge in [0.25, 0.3) is 0 Å². The predicted octanol–water partition coefficient (Wildman–Crippen LogP) is 1.80. The van der Waals surface area contributed by atoms with Gasteiger partial charge in [0.1, 0.15) is 4.60 Å². The van der Waals surface area contributed by atoms with Crippen LogP contribution in [0, 0.1) is 6.92 Å². The number of nitrogens with zero attached hydrogens (tertiary/aromatic N) is 3. The van der Waals surface area contributed by atoms with Gasteiger partial charge in [-0.1, -0.05) is 0 Å². The zero-order chi connectivity index (χ0) is 7.84. The van der Waals surface area contributed by atoms with E-state index >= 15 is 0 Å². The van der Waals surface area contributed by atoms with Crippen molar-refractivity contribution < 1.29 is 0 Å². The van der Waals surface area contributed by atoms with Gasteiger partial charge in [0.05, 0.1) is 0 Å². The molecule has 2 aromatic heterocycles. The zero-order valence-electron chi connectivity index (χ0n) is 5.95. The van der Waals surface area contributed by atoms with Crippen LogP contribution in [0.3, 0.4) is 0 Å². The van der Waals surface area contributed by atoms with Gasteiger partial charge in [0, 0.05) is 12.4 Å². The molecule has 0 aliphatic heterocycles. The van der Waals surface area contributed by atoms with Crippen LogP contribution in [0.2, 0.25) is 0 Å². The maximum absolute atomic E-state index is 4.17. The fourth-order valence-electron chi connectivity index (χ4n) is 1.04. The first-order valence-corrected chi connectivity index (χ1v) is 4.03. The average Bonchev–Trinajstić information content (AvgIpc) is 2.34. The highest BCUT2D eigenvalue weighted by Gasteiger charge is 1.99. The summed E-state index contributed by atoms with van der Waals surface area (Å²) in [6.07, 6.45) is 3.56. The molecule has 0 saturated carbocycles. The average molecular weight is 212 g/mol. The fourth-order valence-corrected chi connectivity index (χ4v) is 1.55. The molecule has 2 rings (SSSR count). The van der Waals surface area contributed by atoms with Crippen molar-refractivity contribution in [3.63, 3.8) is 0 Å². The number of halogens is 1. The van der Waals surface area contributed by atoms with Gasteiger partial charge < -0.3 is 0 Å². The van der Waals surface area contributed by atoms with Gasteiger partial charge in [-0.3, -0.25) is 0 Å². The van der Waals surface area contributed by atoms with Crippen molar-refractivity contribution in [2.75, 3.05) is 0 Å². The Balaban J connectivity index is 2.91. The minimum absolute atomic E-state index is 0.834. The molecule has 0 aromatic carbocycles. The molecule has 0 aliphatic carbocycles. The Labute approximate surface area is 72.2 Å².